The molecule has 2 amide bonds. The van der Waals surface area contributed by atoms with E-state index in [2.05, 4.69) is 5.32 Å². The second kappa shape index (κ2) is 13.9. The Kier molecular flexibility index (Phi) is 11.2. The first kappa shape index (κ1) is 34.0. The molecule has 226 valence electrons. The number of carbonyl (C=O) groups is 2. The van der Waals surface area contributed by atoms with Gasteiger partial charge in [-0.25, -0.2) is 8.42 Å². The lowest BCUT2D eigenvalue weighted by molar-refractivity contribution is -0.141. The average Bonchev–Trinajstić information content (AvgIpc) is 2.90. The number of benzene rings is 3. The van der Waals surface area contributed by atoms with E-state index in [1.165, 1.54) is 29.2 Å². The van der Waals surface area contributed by atoms with Crippen LogP contribution in [0.3, 0.4) is 0 Å². The van der Waals surface area contributed by atoms with E-state index in [0.717, 1.165) is 9.87 Å². The maximum atomic E-state index is 14.2. The summed E-state index contributed by atoms with van der Waals surface area (Å²) in [6.07, 6.45) is 0.262. The molecule has 12 heteroatoms. The van der Waals surface area contributed by atoms with Crippen LogP contribution < -0.4 is 9.62 Å². The summed E-state index contributed by atoms with van der Waals surface area (Å²) in [7, 11) is -4.30. The van der Waals surface area contributed by atoms with Crippen LogP contribution in [0.15, 0.2) is 65.6 Å². The summed E-state index contributed by atoms with van der Waals surface area (Å²) in [5, 5.41) is 3.63. The molecule has 3 aromatic carbocycles. The van der Waals surface area contributed by atoms with Crippen LogP contribution in [-0.4, -0.2) is 43.3 Å². The van der Waals surface area contributed by atoms with Gasteiger partial charge in [-0.2, -0.15) is 0 Å². The zero-order chi connectivity index (χ0) is 31.4. The Bertz CT molecular complexity index is 1560. The van der Waals surface area contributed by atoms with Gasteiger partial charge in [-0.15, -0.1) is 0 Å². The van der Waals surface area contributed by atoms with Gasteiger partial charge in [0.15, 0.2) is 0 Å². The number of aryl methyl sites for hydroxylation is 1. The fourth-order valence-corrected chi connectivity index (χ4v) is 6.44. The summed E-state index contributed by atoms with van der Waals surface area (Å²) < 4.78 is 28.9. The van der Waals surface area contributed by atoms with Crippen molar-refractivity contribution >= 4 is 73.9 Å². The molecule has 0 aliphatic carbocycles. The van der Waals surface area contributed by atoms with E-state index in [1.807, 2.05) is 27.7 Å². The summed E-state index contributed by atoms with van der Waals surface area (Å²) in [5.74, 6) is -1.02. The largest absolute Gasteiger partial charge is 0.350 e. The van der Waals surface area contributed by atoms with Crippen molar-refractivity contribution in [2.45, 2.75) is 64.1 Å². The number of carbonyl (C=O) groups excluding carboxylic acids is 2. The highest BCUT2D eigenvalue weighted by Crippen LogP contribution is 2.36. The van der Waals surface area contributed by atoms with E-state index in [4.69, 9.17) is 46.4 Å². The number of nitrogens with one attached hydrogen (secondary N) is 1. The maximum absolute atomic E-state index is 14.2. The van der Waals surface area contributed by atoms with Crippen LogP contribution in [0.5, 0.6) is 0 Å². The first-order valence-corrected chi connectivity index (χ1v) is 16.1. The molecule has 0 aromatic heterocycles. The highest BCUT2D eigenvalue weighted by atomic mass is 35.5. The minimum atomic E-state index is -4.30. The molecule has 0 bridgehead atoms. The van der Waals surface area contributed by atoms with Crippen molar-refractivity contribution in [1.82, 2.24) is 10.2 Å². The Morgan fingerprint density at radius 2 is 1.55 bits per heavy atom. The monoisotopic (exact) mass is 671 g/mol. The van der Waals surface area contributed by atoms with Crippen molar-refractivity contribution in [2.24, 2.45) is 0 Å². The third kappa shape index (κ3) is 8.32. The van der Waals surface area contributed by atoms with E-state index in [1.54, 1.807) is 43.3 Å². The molecular formula is C30H33Cl4N3O4S. The van der Waals surface area contributed by atoms with Crippen molar-refractivity contribution in [1.29, 1.82) is 0 Å². The van der Waals surface area contributed by atoms with Gasteiger partial charge >= 0.3 is 0 Å². The molecule has 0 unspecified atom stereocenters. The third-order valence-electron chi connectivity index (χ3n) is 6.31. The summed E-state index contributed by atoms with van der Waals surface area (Å²) in [6.45, 7) is 8.42. The van der Waals surface area contributed by atoms with E-state index in [-0.39, 0.29) is 44.5 Å². The molecule has 3 aromatic rings. The second-order valence-electron chi connectivity index (χ2n) is 10.8. The second-order valence-corrected chi connectivity index (χ2v) is 14.3. The van der Waals surface area contributed by atoms with Crippen molar-refractivity contribution in [3.8, 4) is 0 Å². The molecule has 7 nitrogen and oxygen atoms in total. The fraction of sp³-hybridized carbons (Fsp3) is 0.333. The van der Waals surface area contributed by atoms with Crippen LogP contribution in [-0.2, 0) is 26.2 Å². The smallest absolute Gasteiger partial charge is 0.264 e. The molecule has 0 saturated heterocycles. The Morgan fingerprint density at radius 3 is 2.12 bits per heavy atom. The van der Waals surface area contributed by atoms with Crippen LogP contribution in [0.4, 0.5) is 5.69 Å². The third-order valence-corrected chi connectivity index (χ3v) is 9.63. The Labute approximate surface area is 267 Å². The molecule has 0 fully saturated rings. The summed E-state index contributed by atoms with van der Waals surface area (Å²) in [6, 6.07) is 14.7. The molecule has 0 spiro atoms. The van der Waals surface area contributed by atoms with Gasteiger partial charge in [-0.05, 0) is 76.1 Å². The van der Waals surface area contributed by atoms with Gasteiger partial charge in [-0.1, -0.05) is 83.2 Å². The van der Waals surface area contributed by atoms with Crippen LogP contribution >= 0.6 is 46.4 Å². The van der Waals surface area contributed by atoms with Gasteiger partial charge in [-0.3, -0.25) is 13.9 Å². The number of hydrogen-bond acceptors (Lipinski definition) is 4. The first-order valence-electron chi connectivity index (χ1n) is 13.1. The van der Waals surface area contributed by atoms with Crippen LogP contribution in [0.2, 0.25) is 20.1 Å². The lowest BCUT2D eigenvalue weighted by Gasteiger charge is -2.35. The lowest BCUT2D eigenvalue weighted by Crippen LogP contribution is -2.55. The lowest BCUT2D eigenvalue weighted by atomic mass is 10.1. The van der Waals surface area contributed by atoms with Crippen LogP contribution in [0, 0.1) is 6.92 Å². The normalized spacial score (nSPS) is 12.5. The summed E-state index contributed by atoms with van der Waals surface area (Å²) in [5.41, 5.74) is 0.923. The zero-order valence-corrected chi connectivity index (χ0v) is 27.8. The number of anilines is 1. The number of halogens is 4. The quantitative estimate of drug-likeness (QED) is 0.241. The van der Waals surface area contributed by atoms with Crippen molar-refractivity contribution < 1.29 is 18.0 Å². The number of amides is 2. The van der Waals surface area contributed by atoms with Crippen LogP contribution in [0.1, 0.15) is 45.2 Å². The SMILES string of the molecule is CC[C@H](C(=O)NC(C)(C)C)N(Cc1ccc(Cl)c(Cl)c1)C(=O)CN(c1cccc(Cl)c1Cl)S(=O)(=O)c1ccc(C)cc1. The molecule has 1 N–H and O–H groups in total. The Balaban J connectivity index is 2.13. The minimum absolute atomic E-state index is 0.0276. The van der Waals surface area contributed by atoms with Gasteiger partial charge < -0.3 is 10.2 Å². The maximum Gasteiger partial charge on any atom is 0.264 e. The van der Waals surface area contributed by atoms with E-state index in [0.29, 0.717) is 10.6 Å². The number of hydrogen-bond donors (Lipinski definition) is 1. The molecular weight excluding hydrogens is 640 g/mol. The number of sulfonamides is 1. The number of nitrogens with zero attached hydrogens (tertiary/aromatic N) is 2. The molecule has 42 heavy (non-hydrogen) atoms. The molecule has 0 saturated carbocycles. The van der Waals surface area contributed by atoms with Gasteiger partial charge in [0.25, 0.3) is 10.0 Å². The topological polar surface area (TPSA) is 86.8 Å². The predicted octanol–water partition coefficient (Wildman–Crippen LogP) is 7.53. The van der Waals surface area contributed by atoms with E-state index >= 15 is 0 Å². The van der Waals surface area contributed by atoms with Gasteiger partial charge in [0.1, 0.15) is 12.6 Å². The molecule has 0 radical (unpaired) electrons. The van der Waals surface area contributed by atoms with Gasteiger partial charge in [0, 0.05) is 12.1 Å². The average molecular weight is 673 g/mol. The molecule has 1 atom stereocenters. The minimum Gasteiger partial charge on any atom is -0.350 e. The first-order chi connectivity index (χ1) is 19.5. The van der Waals surface area contributed by atoms with Gasteiger partial charge in [0.2, 0.25) is 11.8 Å². The van der Waals surface area contributed by atoms with Crippen LogP contribution in [0.25, 0.3) is 0 Å². The Morgan fingerprint density at radius 1 is 0.905 bits per heavy atom. The number of rotatable bonds is 10. The van der Waals surface area contributed by atoms with E-state index < -0.39 is 34.1 Å². The zero-order valence-electron chi connectivity index (χ0n) is 23.9. The summed E-state index contributed by atoms with van der Waals surface area (Å²) >= 11 is 25.1. The van der Waals surface area contributed by atoms with Crippen molar-refractivity contribution in [3.63, 3.8) is 0 Å². The fourth-order valence-electron chi connectivity index (χ4n) is 4.24. The summed E-state index contributed by atoms with van der Waals surface area (Å²) in [4.78, 5) is 28.9. The molecule has 3 rings (SSSR count). The molecule has 0 heterocycles. The predicted molar refractivity (Wildman–Crippen MR) is 171 cm³/mol. The highest BCUT2D eigenvalue weighted by molar-refractivity contribution is 7.92. The molecule has 0 aliphatic rings. The van der Waals surface area contributed by atoms with E-state index in [9.17, 15) is 18.0 Å². The molecule has 0 aliphatic heterocycles. The highest BCUT2D eigenvalue weighted by Gasteiger charge is 2.35. The van der Waals surface area contributed by atoms with Crippen molar-refractivity contribution in [2.75, 3.05) is 10.8 Å². The standard InChI is InChI=1S/C30H33Cl4N3O4S/c1-6-25(29(39)35-30(3,4)5)36(17-20-12-15-22(31)24(33)16-20)27(38)18-37(26-9-7-8-23(32)28(26)34)42(40,41)21-13-10-19(2)11-14-21/h7-16,25H,6,17-18H2,1-5H3,(H,35,39)/t25-/m1/s1. The van der Waals surface area contributed by atoms with Gasteiger partial charge in [0.05, 0.1) is 30.7 Å². The Hall–Kier alpha value is -2.49. The van der Waals surface area contributed by atoms with Crippen molar-refractivity contribution in [3.05, 3.63) is 91.9 Å².